The van der Waals surface area contributed by atoms with Gasteiger partial charge in [-0.3, -0.25) is 4.79 Å². The molecule has 1 amide bonds. The highest BCUT2D eigenvalue weighted by Gasteiger charge is 2.27. The van der Waals surface area contributed by atoms with Gasteiger partial charge >= 0.3 is 0 Å². The van der Waals surface area contributed by atoms with Gasteiger partial charge in [0.1, 0.15) is 0 Å². The first-order valence-electron chi connectivity index (χ1n) is 5.71. The summed E-state index contributed by atoms with van der Waals surface area (Å²) in [4.78, 5) is 13.7. The summed E-state index contributed by atoms with van der Waals surface area (Å²) >= 11 is 0. The Balaban J connectivity index is 2.52. The molecule has 1 aliphatic heterocycles. The summed E-state index contributed by atoms with van der Waals surface area (Å²) in [6.07, 6.45) is 1.99. The monoisotopic (exact) mass is 214 g/mol. The van der Waals surface area contributed by atoms with E-state index in [1.165, 1.54) is 0 Å². The largest absolute Gasteiger partial charge is 0.396 e. The molecule has 1 rings (SSSR count). The highest BCUT2D eigenvalue weighted by Crippen LogP contribution is 2.17. The van der Waals surface area contributed by atoms with Crippen LogP contribution in [-0.2, 0) is 4.79 Å². The molecule has 4 heteroatoms. The number of rotatable bonds is 3. The lowest BCUT2D eigenvalue weighted by atomic mass is 9.97. The lowest BCUT2D eigenvalue weighted by Crippen LogP contribution is -2.50. The van der Waals surface area contributed by atoms with Crippen molar-refractivity contribution in [1.29, 1.82) is 0 Å². The Kier molecular flexibility index (Phi) is 4.54. The van der Waals surface area contributed by atoms with Crippen molar-refractivity contribution in [3.8, 4) is 0 Å². The zero-order valence-corrected chi connectivity index (χ0v) is 9.65. The van der Waals surface area contributed by atoms with Crippen LogP contribution < -0.4 is 5.73 Å². The molecular formula is C11H22N2O2. The van der Waals surface area contributed by atoms with Crippen LogP contribution in [0.3, 0.4) is 0 Å². The highest BCUT2D eigenvalue weighted by molar-refractivity contribution is 5.82. The SMILES string of the molecule is CC(C)[C@H](N)C(=O)N1CCCC(CO)C1. The second-order valence-electron chi connectivity index (χ2n) is 4.74. The van der Waals surface area contributed by atoms with Crippen LogP contribution in [0.2, 0.25) is 0 Å². The molecule has 1 heterocycles. The van der Waals surface area contributed by atoms with E-state index in [-0.39, 0.29) is 24.3 Å². The van der Waals surface area contributed by atoms with Crippen LogP contribution in [-0.4, -0.2) is 41.7 Å². The average molecular weight is 214 g/mol. The standard InChI is InChI=1S/C11H22N2O2/c1-8(2)10(12)11(15)13-5-3-4-9(6-13)7-14/h8-10,14H,3-7,12H2,1-2H3/t9?,10-/m0/s1. The molecule has 4 nitrogen and oxygen atoms in total. The zero-order chi connectivity index (χ0) is 11.4. The summed E-state index contributed by atoms with van der Waals surface area (Å²) in [5.41, 5.74) is 5.82. The average Bonchev–Trinajstić information content (AvgIpc) is 2.27. The van der Waals surface area contributed by atoms with E-state index in [4.69, 9.17) is 10.8 Å². The third-order valence-electron chi connectivity index (χ3n) is 3.09. The number of nitrogens with two attached hydrogens (primary N) is 1. The third-order valence-corrected chi connectivity index (χ3v) is 3.09. The first-order chi connectivity index (χ1) is 7.06. The number of nitrogens with zero attached hydrogens (tertiary/aromatic N) is 1. The van der Waals surface area contributed by atoms with E-state index in [0.717, 1.165) is 19.4 Å². The van der Waals surface area contributed by atoms with Gasteiger partial charge in [-0.05, 0) is 24.7 Å². The molecule has 0 bridgehead atoms. The fourth-order valence-corrected chi connectivity index (χ4v) is 1.91. The molecule has 15 heavy (non-hydrogen) atoms. The van der Waals surface area contributed by atoms with Gasteiger partial charge in [0.15, 0.2) is 0 Å². The third kappa shape index (κ3) is 3.18. The fraction of sp³-hybridized carbons (Fsp3) is 0.909. The number of amides is 1. The first-order valence-corrected chi connectivity index (χ1v) is 5.71. The summed E-state index contributed by atoms with van der Waals surface area (Å²) in [7, 11) is 0. The highest BCUT2D eigenvalue weighted by atomic mass is 16.3. The number of carbonyl (C=O) groups excluding carboxylic acids is 1. The van der Waals surface area contributed by atoms with Gasteiger partial charge in [-0.25, -0.2) is 0 Å². The molecule has 1 fully saturated rings. The Hall–Kier alpha value is -0.610. The number of aliphatic hydroxyl groups excluding tert-OH is 1. The van der Waals surface area contributed by atoms with Gasteiger partial charge in [0.05, 0.1) is 6.04 Å². The minimum Gasteiger partial charge on any atom is -0.396 e. The molecule has 1 unspecified atom stereocenters. The van der Waals surface area contributed by atoms with Crippen LogP contribution in [0, 0.1) is 11.8 Å². The molecule has 1 aliphatic rings. The predicted octanol–water partition coefficient (Wildman–Crippen LogP) is 0.201. The Bertz CT molecular complexity index is 219. The van der Waals surface area contributed by atoms with Crippen LogP contribution in [0.1, 0.15) is 26.7 Å². The van der Waals surface area contributed by atoms with Gasteiger partial charge in [0, 0.05) is 19.7 Å². The quantitative estimate of drug-likeness (QED) is 0.705. The molecule has 0 spiro atoms. The van der Waals surface area contributed by atoms with Gasteiger partial charge in [0.25, 0.3) is 0 Å². The van der Waals surface area contributed by atoms with Crippen molar-refractivity contribution in [2.75, 3.05) is 19.7 Å². The maximum absolute atomic E-state index is 11.9. The van der Waals surface area contributed by atoms with E-state index in [9.17, 15) is 4.79 Å². The van der Waals surface area contributed by atoms with E-state index >= 15 is 0 Å². The normalized spacial score (nSPS) is 24.3. The molecule has 0 aliphatic carbocycles. The van der Waals surface area contributed by atoms with Gasteiger partial charge < -0.3 is 15.7 Å². The van der Waals surface area contributed by atoms with Crippen LogP contribution in [0.4, 0.5) is 0 Å². The molecule has 88 valence electrons. The molecule has 0 aromatic carbocycles. The van der Waals surface area contributed by atoms with Crippen LogP contribution >= 0.6 is 0 Å². The second kappa shape index (κ2) is 5.47. The van der Waals surface area contributed by atoms with Crippen molar-refractivity contribution in [1.82, 2.24) is 4.90 Å². The van der Waals surface area contributed by atoms with Crippen molar-refractivity contribution in [2.24, 2.45) is 17.6 Å². The minimum absolute atomic E-state index is 0.0307. The lowest BCUT2D eigenvalue weighted by Gasteiger charge is -2.34. The molecule has 0 radical (unpaired) electrons. The zero-order valence-electron chi connectivity index (χ0n) is 9.65. The number of likely N-dealkylation sites (tertiary alicyclic amines) is 1. The Morgan fingerprint density at radius 3 is 2.80 bits per heavy atom. The van der Waals surface area contributed by atoms with Crippen molar-refractivity contribution >= 4 is 5.91 Å². The van der Waals surface area contributed by atoms with E-state index in [0.29, 0.717) is 6.54 Å². The van der Waals surface area contributed by atoms with Crippen molar-refractivity contribution in [3.05, 3.63) is 0 Å². The number of piperidine rings is 1. The fourth-order valence-electron chi connectivity index (χ4n) is 1.91. The summed E-state index contributed by atoms with van der Waals surface area (Å²) in [5.74, 6) is 0.442. The maximum Gasteiger partial charge on any atom is 0.239 e. The van der Waals surface area contributed by atoms with Crippen LogP contribution in [0.5, 0.6) is 0 Å². The number of hydrogen-bond donors (Lipinski definition) is 2. The molecule has 0 aromatic heterocycles. The first kappa shape index (κ1) is 12.5. The van der Waals surface area contributed by atoms with Gasteiger partial charge in [-0.2, -0.15) is 0 Å². The van der Waals surface area contributed by atoms with Crippen molar-refractivity contribution < 1.29 is 9.90 Å². The second-order valence-corrected chi connectivity index (χ2v) is 4.74. The van der Waals surface area contributed by atoms with Crippen LogP contribution in [0.25, 0.3) is 0 Å². The number of aliphatic hydroxyl groups is 1. The molecule has 3 N–H and O–H groups in total. The van der Waals surface area contributed by atoms with Crippen molar-refractivity contribution in [3.63, 3.8) is 0 Å². The topological polar surface area (TPSA) is 66.6 Å². The summed E-state index contributed by atoms with van der Waals surface area (Å²) in [6.45, 7) is 5.53. The lowest BCUT2D eigenvalue weighted by molar-refractivity contribution is -0.135. The molecule has 0 saturated carbocycles. The molecule has 1 saturated heterocycles. The predicted molar refractivity (Wildman–Crippen MR) is 59.2 cm³/mol. The van der Waals surface area contributed by atoms with Crippen LogP contribution in [0.15, 0.2) is 0 Å². The smallest absolute Gasteiger partial charge is 0.239 e. The van der Waals surface area contributed by atoms with E-state index in [1.54, 1.807) is 4.90 Å². The van der Waals surface area contributed by atoms with Crippen molar-refractivity contribution in [2.45, 2.75) is 32.7 Å². The summed E-state index contributed by atoms with van der Waals surface area (Å²) in [5, 5.41) is 9.07. The summed E-state index contributed by atoms with van der Waals surface area (Å²) < 4.78 is 0. The number of hydrogen-bond acceptors (Lipinski definition) is 3. The van der Waals surface area contributed by atoms with Gasteiger partial charge in [-0.15, -0.1) is 0 Å². The Morgan fingerprint density at radius 1 is 1.60 bits per heavy atom. The van der Waals surface area contributed by atoms with Gasteiger partial charge in [-0.1, -0.05) is 13.8 Å². The molecule has 2 atom stereocenters. The van der Waals surface area contributed by atoms with E-state index in [1.807, 2.05) is 13.8 Å². The number of carbonyl (C=O) groups is 1. The van der Waals surface area contributed by atoms with E-state index < -0.39 is 6.04 Å². The maximum atomic E-state index is 11.9. The molecule has 0 aromatic rings. The minimum atomic E-state index is -0.401. The van der Waals surface area contributed by atoms with E-state index in [2.05, 4.69) is 0 Å². The molecular weight excluding hydrogens is 192 g/mol. The summed E-state index contributed by atoms with van der Waals surface area (Å²) in [6, 6.07) is -0.401. The Labute approximate surface area is 91.4 Å². The van der Waals surface area contributed by atoms with Gasteiger partial charge in [0.2, 0.25) is 5.91 Å². The Morgan fingerprint density at radius 2 is 2.27 bits per heavy atom.